The second-order valence-electron chi connectivity index (χ2n) is 4.65. The molecule has 1 aromatic heterocycles. The zero-order chi connectivity index (χ0) is 14.5. The average Bonchev–Trinajstić information content (AvgIpc) is 2.74. The van der Waals surface area contributed by atoms with Crippen LogP contribution in [0.25, 0.3) is 0 Å². The van der Waals surface area contributed by atoms with E-state index < -0.39 is 0 Å². The molecule has 0 saturated carbocycles. The van der Waals surface area contributed by atoms with Gasteiger partial charge in [0, 0.05) is 18.1 Å². The summed E-state index contributed by atoms with van der Waals surface area (Å²) >= 11 is 9.35. The third-order valence-corrected chi connectivity index (χ3v) is 4.47. The van der Waals surface area contributed by atoms with E-state index in [0.717, 1.165) is 35.4 Å². The SMILES string of the molecule is CCn1nc(C)c(Br)c1CNc1ccc(CCCl)cc1. The van der Waals surface area contributed by atoms with E-state index in [4.69, 9.17) is 11.6 Å². The zero-order valence-electron chi connectivity index (χ0n) is 11.8. The van der Waals surface area contributed by atoms with E-state index in [1.54, 1.807) is 0 Å². The van der Waals surface area contributed by atoms with Crippen LogP contribution in [0.3, 0.4) is 0 Å². The molecule has 0 spiro atoms. The number of nitrogens with one attached hydrogen (secondary N) is 1. The summed E-state index contributed by atoms with van der Waals surface area (Å²) in [7, 11) is 0. The summed E-state index contributed by atoms with van der Waals surface area (Å²) in [5.41, 5.74) is 4.58. The molecule has 0 atom stereocenters. The molecule has 0 radical (unpaired) electrons. The lowest BCUT2D eigenvalue weighted by atomic mass is 10.1. The van der Waals surface area contributed by atoms with Crippen LogP contribution in [0.15, 0.2) is 28.7 Å². The van der Waals surface area contributed by atoms with Crippen LogP contribution < -0.4 is 5.32 Å². The van der Waals surface area contributed by atoms with Crippen LogP contribution in [0.1, 0.15) is 23.9 Å². The van der Waals surface area contributed by atoms with E-state index >= 15 is 0 Å². The highest BCUT2D eigenvalue weighted by Crippen LogP contribution is 2.22. The smallest absolute Gasteiger partial charge is 0.0739 e. The monoisotopic (exact) mass is 355 g/mol. The summed E-state index contributed by atoms with van der Waals surface area (Å²) < 4.78 is 3.11. The molecule has 0 aliphatic rings. The van der Waals surface area contributed by atoms with Gasteiger partial charge in [0.2, 0.25) is 0 Å². The van der Waals surface area contributed by atoms with Crippen molar-refractivity contribution in [2.24, 2.45) is 0 Å². The molecule has 3 nitrogen and oxygen atoms in total. The summed E-state index contributed by atoms with van der Waals surface area (Å²) in [5, 5.41) is 7.93. The van der Waals surface area contributed by atoms with E-state index in [9.17, 15) is 0 Å². The van der Waals surface area contributed by atoms with Crippen LogP contribution in [0.2, 0.25) is 0 Å². The number of rotatable bonds is 6. The first-order valence-corrected chi connectivity index (χ1v) is 8.09. The molecule has 1 N–H and O–H groups in total. The molecule has 2 aromatic rings. The van der Waals surface area contributed by atoms with E-state index in [-0.39, 0.29) is 0 Å². The maximum Gasteiger partial charge on any atom is 0.0739 e. The third-order valence-electron chi connectivity index (χ3n) is 3.25. The Kier molecular flexibility index (Phi) is 5.49. The lowest BCUT2D eigenvalue weighted by molar-refractivity contribution is 0.622. The molecular weight excluding hydrogens is 338 g/mol. The van der Waals surface area contributed by atoms with Crippen LogP contribution in [0, 0.1) is 6.92 Å². The molecule has 0 fully saturated rings. The van der Waals surface area contributed by atoms with Gasteiger partial charge in [-0.2, -0.15) is 5.10 Å². The summed E-state index contributed by atoms with van der Waals surface area (Å²) in [6, 6.07) is 8.41. The van der Waals surface area contributed by atoms with Crippen LogP contribution in [-0.2, 0) is 19.5 Å². The molecule has 108 valence electrons. The van der Waals surface area contributed by atoms with E-state index in [0.29, 0.717) is 5.88 Å². The summed E-state index contributed by atoms with van der Waals surface area (Å²) in [4.78, 5) is 0. The first kappa shape index (κ1) is 15.4. The van der Waals surface area contributed by atoms with Crippen molar-refractivity contribution in [3.05, 3.63) is 45.7 Å². The van der Waals surface area contributed by atoms with Gasteiger partial charge in [-0.15, -0.1) is 11.6 Å². The van der Waals surface area contributed by atoms with Crippen molar-refractivity contribution in [1.29, 1.82) is 0 Å². The number of hydrogen-bond donors (Lipinski definition) is 1. The number of aryl methyl sites for hydroxylation is 3. The molecule has 0 aliphatic carbocycles. The van der Waals surface area contributed by atoms with Gasteiger partial charge in [-0.1, -0.05) is 12.1 Å². The number of alkyl halides is 1. The Morgan fingerprint density at radius 1 is 1.30 bits per heavy atom. The minimum absolute atomic E-state index is 0.661. The fraction of sp³-hybridized carbons (Fsp3) is 0.400. The molecule has 2 rings (SSSR count). The average molecular weight is 357 g/mol. The maximum atomic E-state index is 5.74. The lowest BCUT2D eigenvalue weighted by Gasteiger charge is -2.09. The Hall–Kier alpha value is -1.00. The predicted octanol–water partition coefficient (Wildman–Crippen LogP) is 4.37. The first-order valence-electron chi connectivity index (χ1n) is 6.76. The number of aromatic nitrogens is 2. The number of benzene rings is 1. The van der Waals surface area contributed by atoms with Gasteiger partial charge >= 0.3 is 0 Å². The number of halogens is 2. The topological polar surface area (TPSA) is 29.9 Å². The van der Waals surface area contributed by atoms with Crippen molar-refractivity contribution in [3.8, 4) is 0 Å². The van der Waals surface area contributed by atoms with Crippen molar-refractivity contribution >= 4 is 33.2 Å². The minimum atomic E-state index is 0.661. The van der Waals surface area contributed by atoms with Crippen LogP contribution in [-0.4, -0.2) is 15.7 Å². The Balaban J connectivity index is 2.05. The van der Waals surface area contributed by atoms with Gasteiger partial charge in [0.1, 0.15) is 0 Å². The van der Waals surface area contributed by atoms with Crippen molar-refractivity contribution in [2.45, 2.75) is 33.4 Å². The largest absolute Gasteiger partial charge is 0.379 e. The quantitative estimate of drug-likeness (QED) is 0.779. The molecular formula is C15H19BrClN3. The zero-order valence-corrected chi connectivity index (χ0v) is 14.1. The van der Waals surface area contributed by atoms with Crippen LogP contribution >= 0.6 is 27.5 Å². The Morgan fingerprint density at radius 3 is 2.60 bits per heavy atom. The highest BCUT2D eigenvalue weighted by Gasteiger charge is 2.11. The molecule has 1 heterocycles. The Morgan fingerprint density at radius 2 is 2.00 bits per heavy atom. The molecule has 1 aromatic carbocycles. The second kappa shape index (κ2) is 7.14. The van der Waals surface area contributed by atoms with Gasteiger partial charge < -0.3 is 5.32 Å². The Labute approximate surface area is 133 Å². The van der Waals surface area contributed by atoms with Gasteiger partial charge in [0.05, 0.1) is 22.4 Å². The maximum absolute atomic E-state index is 5.74. The van der Waals surface area contributed by atoms with Gasteiger partial charge in [-0.3, -0.25) is 4.68 Å². The third kappa shape index (κ3) is 3.55. The molecule has 5 heteroatoms. The van der Waals surface area contributed by atoms with Crippen molar-refractivity contribution in [3.63, 3.8) is 0 Å². The van der Waals surface area contributed by atoms with Crippen LogP contribution in [0.4, 0.5) is 5.69 Å². The normalized spacial score (nSPS) is 10.8. The summed E-state index contributed by atoms with van der Waals surface area (Å²) in [5.74, 6) is 0.661. The van der Waals surface area contributed by atoms with Gasteiger partial charge in [0.25, 0.3) is 0 Å². The second-order valence-corrected chi connectivity index (χ2v) is 5.82. The van der Waals surface area contributed by atoms with Crippen molar-refractivity contribution in [1.82, 2.24) is 9.78 Å². The molecule has 0 saturated heterocycles. The lowest BCUT2D eigenvalue weighted by Crippen LogP contribution is -2.08. The van der Waals surface area contributed by atoms with Crippen molar-refractivity contribution < 1.29 is 0 Å². The molecule has 0 bridgehead atoms. The first-order chi connectivity index (χ1) is 9.65. The van der Waals surface area contributed by atoms with E-state index in [2.05, 4.69) is 57.5 Å². The number of anilines is 1. The summed E-state index contributed by atoms with van der Waals surface area (Å²) in [6.45, 7) is 5.74. The fourth-order valence-corrected chi connectivity index (χ4v) is 2.76. The van der Waals surface area contributed by atoms with Gasteiger partial charge in [-0.05, 0) is 53.9 Å². The van der Waals surface area contributed by atoms with Crippen LogP contribution in [0.5, 0.6) is 0 Å². The van der Waals surface area contributed by atoms with Gasteiger partial charge in [0.15, 0.2) is 0 Å². The number of hydrogen-bond acceptors (Lipinski definition) is 2. The number of nitrogens with zero attached hydrogens (tertiary/aromatic N) is 2. The summed E-state index contributed by atoms with van der Waals surface area (Å²) in [6.07, 6.45) is 0.912. The highest BCUT2D eigenvalue weighted by molar-refractivity contribution is 9.10. The van der Waals surface area contributed by atoms with E-state index in [1.165, 1.54) is 11.3 Å². The highest BCUT2D eigenvalue weighted by atomic mass is 79.9. The standard InChI is InChI=1S/C15H19BrClN3/c1-3-20-14(15(16)11(2)19-20)10-18-13-6-4-12(5-7-13)8-9-17/h4-7,18H,3,8-10H2,1-2H3. The minimum Gasteiger partial charge on any atom is -0.379 e. The van der Waals surface area contributed by atoms with Gasteiger partial charge in [-0.25, -0.2) is 0 Å². The Bertz CT molecular complexity index is 563. The fourth-order valence-electron chi connectivity index (χ4n) is 2.12. The molecule has 0 aliphatic heterocycles. The molecule has 0 amide bonds. The predicted molar refractivity (Wildman–Crippen MR) is 88.5 cm³/mol. The molecule has 20 heavy (non-hydrogen) atoms. The van der Waals surface area contributed by atoms with E-state index in [1.807, 2.05) is 11.6 Å². The molecule has 0 unspecified atom stereocenters. The van der Waals surface area contributed by atoms with Crippen molar-refractivity contribution in [2.75, 3.05) is 11.2 Å².